The van der Waals surface area contributed by atoms with Crippen molar-refractivity contribution in [3.05, 3.63) is 12.5 Å². The zero-order chi connectivity index (χ0) is 17.9. The minimum absolute atomic E-state index is 0. The molecule has 0 saturated carbocycles. The predicted molar refractivity (Wildman–Crippen MR) is 114 cm³/mol. The number of carbonyl (C=O) groups is 1. The Kier molecular flexibility index (Phi) is 8.27. The van der Waals surface area contributed by atoms with Gasteiger partial charge in [-0.2, -0.15) is 5.10 Å². The Hall–Kier alpha value is -1.64. The van der Waals surface area contributed by atoms with Crippen molar-refractivity contribution in [2.24, 2.45) is 13.0 Å². The molecule has 0 unspecified atom stereocenters. The molecule has 0 spiro atoms. The third-order valence-corrected chi connectivity index (χ3v) is 5.67. The van der Waals surface area contributed by atoms with Crippen LogP contribution in [0.5, 0.6) is 0 Å². The van der Waals surface area contributed by atoms with Gasteiger partial charge >= 0.3 is 0 Å². The fraction of sp³-hybridized carbons (Fsp3) is 0.667. The number of carbonyl (C=O) groups excluding carboxylic acids is 1. The molecule has 0 atom stereocenters. The highest BCUT2D eigenvalue weighted by atomic mass is 35.5. The molecule has 2 aromatic heterocycles. The Bertz CT molecular complexity index is 770. The Labute approximate surface area is 177 Å². The minimum atomic E-state index is 0. The highest BCUT2D eigenvalue weighted by molar-refractivity contribution is 5.87. The number of hydrogen-bond donors (Lipinski definition) is 1. The van der Waals surface area contributed by atoms with Gasteiger partial charge < -0.3 is 15.1 Å². The van der Waals surface area contributed by atoms with Crippen LogP contribution in [0.2, 0.25) is 0 Å². The van der Waals surface area contributed by atoms with Crippen molar-refractivity contribution >= 4 is 47.6 Å². The first-order chi connectivity index (χ1) is 12.7. The van der Waals surface area contributed by atoms with E-state index in [1.807, 2.05) is 18.1 Å². The molecular weight excluding hydrogens is 401 g/mol. The average Bonchev–Trinajstić information content (AvgIpc) is 3.08. The van der Waals surface area contributed by atoms with Crippen LogP contribution < -0.4 is 10.2 Å². The van der Waals surface area contributed by atoms with Crippen LogP contribution in [0.4, 0.5) is 5.82 Å². The number of halogens is 2. The van der Waals surface area contributed by atoms with Gasteiger partial charge in [-0.15, -0.1) is 24.8 Å². The first-order valence-corrected chi connectivity index (χ1v) is 9.58. The second-order valence-corrected chi connectivity index (χ2v) is 7.30. The van der Waals surface area contributed by atoms with E-state index >= 15 is 0 Å². The van der Waals surface area contributed by atoms with E-state index in [1.165, 1.54) is 12.8 Å². The van der Waals surface area contributed by atoms with Gasteiger partial charge in [0.2, 0.25) is 5.91 Å². The summed E-state index contributed by atoms with van der Waals surface area (Å²) in [4.78, 5) is 25.6. The maximum absolute atomic E-state index is 12.6. The van der Waals surface area contributed by atoms with Crippen molar-refractivity contribution in [1.29, 1.82) is 0 Å². The molecule has 8 nitrogen and oxygen atoms in total. The van der Waals surface area contributed by atoms with Gasteiger partial charge in [0, 0.05) is 39.6 Å². The Morgan fingerprint density at radius 2 is 1.86 bits per heavy atom. The SMILES string of the molecule is Cl.Cl.Cn1ncc2c(N3CCN(C(=O)CCC4CCNCC4)CC3)ncnc21. The average molecular weight is 430 g/mol. The number of aromatic nitrogens is 4. The van der Waals surface area contributed by atoms with Crippen molar-refractivity contribution in [3.8, 4) is 0 Å². The molecule has 4 rings (SSSR count). The number of piperazine rings is 1. The Balaban J connectivity index is 0.00000140. The first kappa shape index (κ1) is 22.6. The summed E-state index contributed by atoms with van der Waals surface area (Å²) in [5.41, 5.74) is 0.843. The van der Waals surface area contributed by atoms with Crippen LogP contribution >= 0.6 is 24.8 Å². The number of amides is 1. The van der Waals surface area contributed by atoms with Crippen molar-refractivity contribution < 1.29 is 4.79 Å². The van der Waals surface area contributed by atoms with E-state index < -0.39 is 0 Å². The number of hydrogen-bond acceptors (Lipinski definition) is 6. The molecule has 0 radical (unpaired) electrons. The second kappa shape index (κ2) is 10.2. The van der Waals surface area contributed by atoms with Crippen molar-refractivity contribution in [3.63, 3.8) is 0 Å². The zero-order valence-corrected chi connectivity index (χ0v) is 17.8. The second-order valence-electron chi connectivity index (χ2n) is 7.30. The van der Waals surface area contributed by atoms with E-state index in [-0.39, 0.29) is 24.8 Å². The van der Waals surface area contributed by atoms with Gasteiger partial charge in [-0.1, -0.05) is 0 Å². The number of nitrogens with zero attached hydrogens (tertiary/aromatic N) is 6. The fourth-order valence-corrected chi connectivity index (χ4v) is 4.03. The van der Waals surface area contributed by atoms with Crippen molar-refractivity contribution in [2.45, 2.75) is 25.7 Å². The van der Waals surface area contributed by atoms with Gasteiger partial charge in [0.1, 0.15) is 12.1 Å². The van der Waals surface area contributed by atoms with Gasteiger partial charge in [0.05, 0.1) is 11.6 Å². The highest BCUT2D eigenvalue weighted by Gasteiger charge is 2.24. The summed E-state index contributed by atoms with van der Waals surface area (Å²) in [5, 5.41) is 8.64. The van der Waals surface area contributed by atoms with Gasteiger partial charge in [-0.3, -0.25) is 9.48 Å². The van der Waals surface area contributed by atoms with E-state index in [1.54, 1.807) is 11.0 Å². The molecule has 28 heavy (non-hydrogen) atoms. The molecule has 0 aliphatic carbocycles. The van der Waals surface area contributed by atoms with Gasteiger partial charge in [0.25, 0.3) is 0 Å². The van der Waals surface area contributed by atoms with Gasteiger partial charge in [-0.05, 0) is 38.3 Å². The summed E-state index contributed by atoms with van der Waals surface area (Å²) in [6.45, 7) is 5.33. The first-order valence-electron chi connectivity index (χ1n) is 9.58. The number of nitrogens with one attached hydrogen (secondary N) is 1. The standard InChI is InChI=1S/C18H27N7O.2ClH/c1-23-17-15(12-22-23)18(21-13-20-17)25-10-8-24(9-11-25)16(26)3-2-14-4-6-19-7-5-14;;/h12-14,19H,2-11H2,1H3;2*1H. The van der Waals surface area contributed by atoms with Crippen molar-refractivity contribution in [1.82, 2.24) is 30.0 Å². The third-order valence-electron chi connectivity index (χ3n) is 5.67. The van der Waals surface area contributed by atoms with E-state index in [0.717, 1.165) is 62.5 Å². The van der Waals surface area contributed by atoms with Gasteiger partial charge in [0.15, 0.2) is 5.65 Å². The molecule has 2 aliphatic rings. The van der Waals surface area contributed by atoms with Crippen LogP contribution in [0.25, 0.3) is 11.0 Å². The van der Waals surface area contributed by atoms with Crippen LogP contribution in [0.15, 0.2) is 12.5 Å². The normalized spacial score (nSPS) is 17.9. The van der Waals surface area contributed by atoms with Gasteiger partial charge in [-0.25, -0.2) is 9.97 Å². The smallest absolute Gasteiger partial charge is 0.222 e. The summed E-state index contributed by atoms with van der Waals surface area (Å²) >= 11 is 0. The maximum atomic E-state index is 12.6. The number of anilines is 1. The molecule has 2 aliphatic heterocycles. The predicted octanol–water partition coefficient (Wildman–Crippen LogP) is 1.64. The molecule has 0 bridgehead atoms. The number of rotatable bonds is 4. The number of aryl methyl sites for hydroxylation is 1. The molecule has 4 heterocycles. The Morgan fingerprint density at radius 3 is 2.57 bits per heavy atom. The molecule has 1 N–H and O–H groups in total. The number of piperidine rings is 1. The molecule has 156 valence electrons. The molecule has 1 amide bonds. The molecule has 2 aromatic rings. The van der Waals surface area contributed by atoms with Crippen LogP contribution in [0, 0.1) is 5.92 Å². The largest absolute Gasteiger partial charge is 0.352 e. The lowest BCUT2D eigenvalue weighted by atomic mass is 9.93. The summed E-state index contributed by atoms with van der Waals surface area (Å²) < 4.78 is 1.76. The van der Waals surface area contributed by atoms with Crippen molar-refractivity contribution in [2.75, 3.05) is 44.2 Å². The van der Waals surface area contributed by atoms with E-state index in [4.69, 9.17) is 0 Å². The molecule has 2 saturated heterocycles. The lowest BCUT2D eigenvalue weighted by Crippen LogP contribution is -2.49. The van der Waals surface area contributed by atoms with E-state index in [0.29, 0.717) is 18.2 Å². The third kappa shape index (κ3) is 4.85. The lowest BCUT2D eigenvalue weighted by Gasteiger charge is -2.36. The molecule has 0 aromatic carbocycles. The monoisotopic (exact) mass is 429 g/mol. The summed E-state index contributed by atoms with van der Waals surface area (Å²) in [5.74, 6) is 1.93. The van der Waals surface area contributed by atoms with E-state index in [9.17, 15) is 4.79 Å². The molecule has 10 heteroatoms. The van der Waals surface area contributed by atoms with Crippen LogP contribution in [-0.2, 0) is 11.8 Å². The summed E-state index contributed by atoms with van der Waals surface area (Å²) in [7, 11) is 1.89. The van der Waals surface area contributed by atoms with Crippen LogP contribution in [-0.4, -0.2) is 69.8 Å². The fourth-order valence-electron chi connectivity index (χ4n) is 4.03. The Morgan fingerprint density at radius 1 is 1.14 bits per heavy atom. The minimum Gasteiger partial charge on any atom is -0.352 e. The van der Waals surface area contributed by atoms with Crippen LogP contribution in [0.1, 0.15) is 25.7 Å². The molecular formula is C18H29Cl2N7O. The van der Waals surface area contributed by atoms with Crippen LogP contribution in [0.3, 0.4) is 0 Å². The quantitative estimate of drug-likeness (QED) is 0.795. The highest BCUT2D eigenvalue weighted by Crippen LogP contribution is 2.24. The number of fused-ring (bicyclic) bond motifs is 1. The topological polar surface area (TPSA) is 79.2 Å². The summed E-state index contributed by atoms with van der Waals surface area (Å²) in [6.07, 6.45) is 7.54. The lowest BCUT2D eigenvalue weighted by molar-refractivity contribution is -0.131. The summed E-state index contributed by atoms with van der Waals surface area (Å²) in [6, 6.07) is 0. The zero-order valence-electron chi connectivity index (χ0n) is 16.2. The maximum Gasteiger partial charge on any atom is 0.222 e. The molecule has 2 fully saturated rings. The van der Waals surface area contributed by atoms with E-state index in [2.05, 4.69) is 25.3 Å².